The molecule has 1 aliphatic rings. The fraction of sp³-hybridized carbons (Fsp3) is 0.500. The number of nitrogens with zero attached hydrogens (tertiary/aromatic N) is 4. The van der Waals surface area contributed by atoms with Crippen molar-refractivity contribution in [1.29, 1.82) is 0 Å². The first-order valence-electron chi connectivity index (χ1n) is 5.03. The lowest BCUT2D eigenvalue weighted by atomic mass is 10.2. The fourth-order valence-corrected chi connectivity index (χ4v) is 1.85. The Balaban J connectivity index is 2.61. The summed E-state index contributed by atoms with van der Waals surface area (Å²) in [5, 5.41) is 8.95. The number of aromatic nitrogens is 2. The molecule has 86 valence electrons. The van der Waals surface area contributed by atoms with Crippen LogP contribution >= 0.6 is 0 Å². The van der Waals surface area contributed by atoms with Crippen LogP contribution in [0.1, 0.15) is 16.2 Å². The monoisotopic (exact) mass is 222 g/mol. The van der Waals surface area contributed by atoms with Gasteiger partial charge in [-0.15, -0.1) is 0 Å². The van der Waals surface area contributed by atoms with Crippen molar-refractivity contribution in [3.63, 3.8) is 0 Å². The topological polar surface area (TPSA) is 69.6 Å². The first-order valence-corrected chi connectivity index (χ1v) is 5.03. The van der Waals surface area contributed by atoms with E-state index in [9.17, 15) is 4.79 Å². The van der Waals surface area contributed by atoms with Crippen LogP contribution in [0, 0.1) is 0 Å². The zero-order valence-corrected chi connectivity index (χ0v) is 9.56. The van der Waals surface area contributed by atoms with E-state index in [1.54, 1.807) is 0 Å². The molecule has 0 fully saturated rings. The van der Waals surface area contributed by atoms with Crippen LogP contribution in [0.3, 0.4) is 0 Å². The summed E-state index contributed by atoms with van der Waals surface area (Å²) >= 11 is 0. The molecule has 0 saturated carbocycles. The average molecular weight is 222 g/mol. The molecular weight excluding hydrogens is 208 g/mol. The van der Waals surface area contributed by atoms with Gasteiger partial charge in [-0.3, -0.25) is 0 Å². The summed E-state index contributed by atoms with van der Waals surface area (Å²) < 4.78 is 0. The molecule has 0 unspecified atom stereocenters. The predicted molar refractivity (Wildman–Crippen MR) is 60.3 cm³/mol. The van der Waals surface area contributed by atoms with E-state index in [0.29, 0.717) is 5.82 Å². The van der Waals surface area contributed by atoms with Crippen molar-refractivity contribution in [2.75, 3.05) is 37.5 Å². The fourth-order valence-electron chi connectivity index (χ4n) is 1.85. The van der Waals surface area contributed by atoms with Crippen molar-refractivity contribution >= 4 is 17.6 Å². The van der Waals surface area contributed by atoms with Crippen molar-refractivity contribution in [3.8, 4) is 0 Å². The maximum atomic E-state index is 10.9. The van der Waals surface area contributed by atoms with Crippen molar-refractivity contribution in [2.24, 2.45) is 0 Å². The number of carboxylic acid groups (broad SMARTS) is 1. The number of carboxylic acids is 1. The molecule has 0 radical (unpaired) electrons. The van der Waals surface area contributed by atoms with Crippen molar-refractivity contribution in [1.82, 2.24) is 9.97 Å². The summed E-state index contributed by atoms with van der Waals surface area (Å²) in [6.07, 6.45) is 0.860. The largest absolute Gasteiger partial charge is 0.475 e. The molecule has 2 heterocycles. The maximum absolute atomic E-state index is 10.9. The van der Waals surface area contributed by atoms with Gasteiger partial charge in [0.2, 0.25) is 5.82 Å². The third-order valence-electron chi connectivity index (χ3n) is 2.64. The Labute approximate surface area is 93.5 Å². The minimum atomic E-state index is -1.09. The number of hydrogen-bond donors (Lipinski definition) is 1. The van der Waals surface area contributed by atoms with Gasteiger partial charge in [-0.1, -0.05) is 0 Å². The quantitative estimate of drug-likeness (QED) is 0.772. The predicted octanol–water partition coefficient (Wildman–Crippen LogP) is 0.233. The van der Waals surface area contributed by atoms with E-state index in [4.69, 9.17) is 5.11 Å². The van der Waals surface area contributed by atoms with Crippen LogP contribution in [0.4, 0.5) is 11.6 Å². The number of fused-ring (bicyclic) bond motifs is 1. The zero-order chi connectivity index (χ0) is 11.9. The van der Waals surface area contributed by atoms with Gasteiger partial charge >= 0.3 is 5.97 Å². The highest BCUT2D eigenvalue weighted by atomic mass is 16.4. The number of hydrogen-bond acceptors (Lipinski definition) is 5. The van der Waals surface area contributed by atoms with Gasteiger partial charge < -0.3 is 14.9 Å². The zero-order valence-electron chi connectivity index (χ0n) is 9.56. The SMILES string of the molecule is CN(C)c1nc(C(=O)O)nc2c1CCN2C. The number of carbonyl (C=O) groups is 1. The van der Waals surface area contributed by atoms with E-state index in [2.05, 4.69) is 9.97 Å². The summed E-state index contributed by atoms with van der Waals surface area (Å²) in [7, 11) is 5.61. The molecule has 0 spiro atoms. The number of aromatic carboxylic acids is 1. The molecule has 1 aromatic heterocycles. The normalized spacial score (nSPS) is 13.8. The highest BCUT2D eigenvalue weighted by Crippen LogP contribution is 2.30. The van der Waals surface area contributed by atoms with Crippen molar-refractivity contribution in [2.45, 2.75) is 6.42 Å². The summed E-state index contributed by atoms with van der Waals surface area (Å²) in [5.74, 6) is 0.199. The van der Waals surface area contributed by atoms with E-state index in [1.807, 2.05) is 30.9 Å². The van der Waals surface area contributed by atoms with Gasteiger partial charge in [0.05, 0.1) is 0 Å². The lowest BCUT2D eigenvalue weighted by Crippen LogP contribution is -2.18. The second kappa shape index (κ2) is 3.62. The van der Waals surface area contributed by atoms with Gasteiger partial charge in [0.1, 0.15) is 11.6 Å². The highest BCUT2D eigenvalue weighted by Gasteiger charge is 2.25. The molecule has 0 aromatic carbocycles. The molecule has 0 atom stereocenters. The Kier molecular flexibility index (Phi) is 2.41. The van der Waals surface area contributed by atoms with Gasteiger partial charge in [-0.05, 0) is 6.42 Å². The molecule has 1 N–H and O–H groups in total. The number of anilines is 2. The van der Waals surface area contributed by atoms with Crippen LogP contribution in [0.25, 0.3) is 0 Å². The minimum absolute atomic E-state index is 0.142. The van der Waals surface area contributed by atoms with Crippen LogP contribution in [-0.4, -0.2) is 48.7 Å². The molecule has 1 aliphatic heterocycles. The smallest absolute Gasteiger partial charge is 0.374 e. The van der Waals surface area contributed by atoms with Crippen molar-refractivity contribution in [3.05, 3.63) is 11.4 Å². The molecule has 1 aromatic rings. The summed E-state index contributed by atoms with van der Waals surface area (Å²) in [5.41, 5.74) is 1.03. The Morgan fingerprint density at radius 1 is 1.44 bits per heavy atom. The Morgan fingerprint density at radius 2 is 2.12 bits per heavy atom. The first kappa shape index (κ1) is 10.7. The van der Waals surface area contributed by atoms with E-state index in [1.165, 1.54) is 0 Å². The van der Waals surface area contributed by atoms with Crippen molar-refractivity contribution < 1.29 is 9.90 Å². The Hall–Kier alpha value is -1.85. The highest BCUT2D eigenvalue weighted by molar-refractivity contribution is 5.85. The lowest BCUT2D eigenvalue weighted by Gasteiger charge is -2.17. The molecule has 16 heavy (non-hydrogen) atoms. The van der Waals surface area contributed by atoms with Crippen LogP contribution < -0.4 is 9.80 Å². The third kappa shape index (κ3) is 1.56. The molecule has 0 bridgehead atoms. The second-order valence-corrected chi connectivity index (χ2v) is 4.04. The van der Waals surface area contributed by atoms with Crippen LogP contribution in [0.15, 0.2) is 0 Å². The van der Waals surface area contributed by atoms with Gasteiger partial charge in [0.25, 0.3) is 0 Å². The Morgan fingerprint density at radius 3 is 2.69 bits per heavy atom. The van der Waals surface area contributed by atoms with Gasteiger partial charge in [-0.2, -0.15) is 0 Å². The molecular formula is C10H14N4O2. The number of likely N-dealkylation sites (N-methyl/N-ethyl adjacent to an activating group) is 1. The van der Waals surface area contributed by atoms with Gasteiger partial charge in [0, 0.05) is 33.3 Å². The van der Waals surface area contributed by atoms with Crippen LogP contribution in [0.5, 0.6) is 0 Å². The molecule has 0 amide bonds. The molecule has 6 heteroatoms. The summed E-state index contributed by atoms with van der Waals surface area (Å²) in [6.45, 7) is 0.855. The summed E-state index contributed by atoms with van der Waals surface area (Å²) in [4.78, 5) is 22.8. The standard InChI is InChI=1S/C10H14N4O2/c1-13(2)8-6-4-5-14(3)9(6)12-7(11-8)10(15)16/h4-5H2,1-3H3,(H,15,16). The maximum Gasteiger partial charge on any atom is 0.374 e. The average Bonchev–Trinajstić information content (AvgIpc) is 2.59. The van der Waals surface area contributed by atoms with Gasteiger partial charge in [0.15, 0.2) is 0 Å². The molecule has 0 aliphatic carbocycles. The van der Waals surface area contributed by atoms with Crippen LogP contribution in [0.2, 0.25) is 0 Å². The molecule has 6 nitrogen and oxygen atoms in total. The van der Waals surface area contributed by atoms with E-state index in [-0.39, 0.29) is 5.82 Å². The third-order valence-corrected chi connectivity index (χ3v) is 2.64. The first-order chi connectivity index (χ1) is 7.50. The van der Waals surface area contributed by atoms with E-state index < -0.39 is 5.97 Å². The number of rotatable bonds is 2. The molecule has 0 saturated heterocycles. The van der Waals surface area contributed by atoms with E-state index >= 15 is 0 Å². The Bertz CT molecular complexity index is 445. The van der Waals surface area contributed by atoms with Crippen LogP contribution in [-0.2, 0) is 6.42 Å². The minimum Gasteiger partial charge on any atom is -0.475 e. The van der Waals surface area contributed by atoms with E-state index in [0.717, 1.165) is 24.3 Å². The second-order valence-electron chi connectivity index (χ2n) is 4.04. The lowest BCUT2D eigenvalue weighted by molar-refractivity contribution is 0.0683. The summed E-state index contributed by atoms with van der Waals surface area (Å²) in [6, 6.07) is 0. The van der Waals surface area contributed by atoms with Gasteiger partial charge in [-0.25, -0.2) is 14.8 Å². The molecule has 2 rings (SSSR count).